The Kier molecular flexibility index (Phi) is 2.50. The Hall–Kier alpha value is -2.09. The van der Waals surface area contributed by atoms with Gasteiger partial charge in [-0.15, -0.1) is 0 Å². The number of halogens is 2. The summed E-state index contributed by atoms with van der Waals surface area (Å²) in [5, 5.41) is 11.9. The molecule has 0 aromatic carbocycles. The number of fused-ring (bicyclic) bond motifs is 1. The number of amides is 1. The number of nitrogens with zero attached hydrogens (tertiary/aromatic N) is 2. The van der Waals surface area contributed by atoms with E-state index in [4.69, 9.17) is 11.6 Å². The minimum atomic E-state index is -2.08. The summed E-state index contributed by atoms with van der Waals surface area (Å²) < 4.78 is 13.4. The monoisotopic (exact) mass is 259 g/mol. The molecule has 0 bridgehead atoms. The topological polar surface area (TPSA) is 102 Å². The van der Waals surface area contributed by atoms with E-state index in [0.717, 1.165) is 6.20 Å². The quantitative estimate of drug-likeness (QED) is 0.345. The summed E-state index contributed by atoms with van der Waals surface area (Å²) >= 11 is 5.36. The molecule has 1 amide bonds. The van der Waals surface area contributed by atoms with Crippen LogP contribution in [0.1, 0.15) is 10.4 Å². The lowest BCUT2D eigenvalue weighted by atomic mass is 9.99. The van der Waals surface area contributed by atoms with Crippen molar-refractivity contribution >= 4 is 29.0 Å². The third kappa shape index (κ3) is 1.62. The van der Waals surface area contributed by atoms with Crippen molar-refractivity contribution in [3.63, 3.8) is 0 Å². The molecule has 88 valence electrons. The Balaban J connectivity index is 2.61. The second-order valence-corrected chi connectivity index (χ2v) is 3.55. The van der Waals surface area contributed by atoms with Gasteiger partial charge >= 0.3 is 11.9 Å². The Labute approximate surface area is 97.7 Å². The van der Waals surface area contributed by atoms with Crippen molar-refractivity contribution in [3.05, 3.63) is 32.8 Å². The number of anilines is 1. The first-order valence-electron chi connectivity index (χ1n) is 4.26. The second-order valence-electron chi connectivity index (χ2n) is 3.19. The number of aromatic nitrogens is 1. The lowest BCUT2D eigenvalue weighted by molar-refractivity contribution is -0.490. The Morgan fingerprint density at radius 2 is 2.18 bits per heavy atom. The fourth-order valence-electron chi connectivity index (χ4n) is 1.42. The smallest absolute Gasteiger partial charge is 0.316 e. The van der Waals surface area contributed by atoms with Gasteiger partial charge in [-0.2, -0.15) is 0 Å². The molecule has 1 N–H and O–H groups in total. The number of rotatable bonds is 1. The molecule has 0 saturated heterocycles. The standard InChI is InChI=1S/C8H3ClFN3O4/c9-7-3(10)4-2(1-11-7)6(14)5(13(16)17)8(15)12-4/h1,5H,(H,12,15). The van der Waals surface area contributed by atoms with Gasteiger partial charge in [-0.05, 0) is 0 Å². The van der Waals surface area contributed by atoms with Crippen LogP contribution in [0.3, 0.4) is 0 Å². The molecule has 0 aliphatic carbocycles. The Morgan fingerprint density at radius 3 is 2.76 bits per heavy atom. The highest BCUT2D eigenvalue weighted by Crippen LogP contribution is 2.29. The van der Waals surface area contributed by atoms with E-state index in [1.165, 1.54) is 0 Å². The van der Waals surface area contributed by atoms with E-state index < -0.39 is 39.3 Å². The summed E-state index contributed by atoms with van der Waals surface area (Å²) in [5.41, 5.74) is -0.841. The van der Waals surface area contributed by atoms with Gasteiger partial charge in [-0.25, -0.2) is 9.37 Å². The van der Waals surface area contributed by atoms with Crippen LogP contribution in [0.2, 0.25) is 5.15 Å². The summed E-state index contributed by atoms with van der Waals surface area (Å²) in [6.45, 7) is 0. The average Bonchev–Trinajstić information content (AvgIpc) is 2.23. The molecule has 0 spiro atoms. The van der Waals surface area contributed by atoms with Gasteiger partial charge in [0.05, 0.1) is 11.3 Å². The molecule has 0 radical (unpaired) electrons. The van der Waals surface area contributed by atoms with E-state index in [1.807, 2.05) is 5.32 Å². The van der Waals surface area contributed by atoms with Gasteiger partial charge in [0.1, 0.15) is 0 Å². The molecule has 1 aromatic rings. The third-order valence-electron chi connectivity index (χ3n) is 2.20. The maximum atomic E-state index is 13.4. The first-order chi connectivity index (χ1) is 7.93. The molecule has 2 rings (SSSR count). The van der Waals surface area contributed by atoms with Crippen LogP contribution in [0.15, 0.2) is 6.20 Å². The molecule has 0 saturated carbocycles. The fraction of sp³-hybridized carbons (Fsp3) is 0.125. The molecular formula is C8H3ClFN3O4. The third-order valence-corrected chi connectivity index (χ3v) is 2.46. The Morgan fingerprint density at radius 1 is 1.53 bits per heavy atom. The van der Waals surface area contributed by atoms with Crippen molar-refractivity contribution < 1.29 is 18.9 Å². The molecule has 2 heterocycles. The second kappa shape index (κ2) is 3.74. The number of Topliss-reactive ketones (excluding diaryl/α,β-unsaturated/α-hetero) is 1. The zero-order valence-corrected chi connectivity index (χ0v) is 8.69. The minimum absolute atomic E-state index is 0.367. The Bertz CT molecular complexity index is 562. The normalized spacial score (nSPS) is 18.6. The number of hydrogen-bond donors (Lipinski definition) is 1. The summed E-state index contributed by atoms with van der Waals surface area (Å²) in [5.74, 6) is -3.40. The van der Waals surface area contributed by atoms with Gasteiger partial charge in [0.25, 0.3) is 0 Å². The molecule has 1 atom stereocenters. The van der Waals surface area contributed by atoms with Crippen molar-refractivity contribution in [1.82, 2.24) is 4.98 Å². The van der Waals surface area contributed by atoms with E-state index in [2.05, 4.69) is 4.98 Å². The van der Waals surface area contributed by atoms with Crippen LogP contribution in [0.5, 0.6) is 0 Å². The zero-order valence-electron chi connectivity index (χ0n) is 7.94. The van der Waals surface area contributed by atoms with Gasteiger partial charge in [0, 0.05) is 11.1 Å². The molecule has 1 unspecified atom stereocenters. The van der Waals surface area contributed by atoms with Crippen LogP contribution in [0.25, 0.3) is 0 Å². The maximum absolute atomic E-state index is 13.4. The van der Waals surface area contributed by atoms with E-state index in [1.54, 1.807) is 0 Å². The fourth-order valence-corrected chi connectivity index (χ4v) is 1.57. The van der Waals surface area contributed by atoms with Gasteiger partial charge in [0.15, 0.2) is 11.0 Å². The SMILES string of the molecule is O=C1Nc2c(cnc(Cl)c2F)C(=O)C1[N+](=O)[O-]. The molecule has 1 aliphatic rings. The molecule has 17 heavy (non-hydrogen) atoms. The van der Waals surface area contributed by atoms with Crippen molar-refractivity contribution in [2.45, 2.75) is 6.04 Å². The summed E-state index contributed by atoms with van der Waals surface area (Å²) in [6.07, 6.45) is 0.888. The minimum Gasteiger partial charge on any atom is -0.316 e. The van der Waals surface area contributed by atoms with Crippen LogP contribution < -0.4 is 5.32 Å². The number of pyridine rings is 1. The van der Waals surface area contributed by atoms with E-state index in [9.17, 15) is 24.1 Å². The lowest BCUT2D eigenvalue weighted by Gasteiger charge is -2.18. The van der Waals surface area contributed by atoms with Crippen LogP contribution in [-0.4, -0.2) is 27.6 Å². The van der Waals surface area contributed by atoms with Crippen LogP contribution >= 0.6 is 11.6 Å². The molecule has 7 nitrogen and oxygen atoms in total. The summed E-state index contributed by atoms with van der Waals surface area (Å²) in [6, 6.07) is -2.08. The van der Waals surface area contributed by atoms with Crippen LogP contribution in [0.4, 0.5) is 10.1 Å². The molecule has 9 heteroatoms. The van der Waals surface area contributed by atoms with Crippen LogP contribution in [0, 0.1) is 15.9 Å². The highest BCUT2D eigenvalue weighted by molar-refractivity contribution is 6.31. The number of carbonyl (C=O) groups excluding carboxylic acids is 2. The van der Waals surface area contributed by atoms with Crippen molar-refractivity contribution in [2.24, 2.45) is 0 Å². The zero-order chi connectivity index (χ0) is 12.7. The molecular weight excluding hydrogens is 257 g/mol. The summed E-state index contributed by atoms with van der Waals surface area (Å²) in [4.78, 5) is 35.7. The molecule has 0 fully saturated rings. The van der Waals surface area contributed by atoms with Gasteiger partial charge < -0.3 is 5.32 Å². The largest absolute Gasteiger partial charge is 0.351 e. The lowest BCUT2D eigenvalue weighted by Crippen LogP contribution is -2.45. The van der Waals surface area contributed by atoms with Crippen molar-refractivity contribution in [2.75, 3.05) is 5.32 Å². The first-order valence-corrected chi connectivity index (χ1v) is 4.64. The predicted molar refractivity (Wildman–Crippen MR) is 52.9 cm³/mol. The van der Waals surface area contributed by atoms with Crippen molar-refractivity contribution in [1.29, 1.82) is 0 Å². The maximum Gasteiger partial charge on any atom is 0.351 e. The number of ketones is 1. The average molecular weight is 260 g/mol. The number of hydrogen-bond acceptors (Lipinski definition) is 5. The number of nitro groups is 1. The van der Waals surface area contributed by atoms with Gasteiger partial charge in [0.2, 0.25) is 5.78 Å². The highest BCUT2D eigenvalue weighted by atomic mass is 35.5. The highest BCUT2D eigenvalue weighted by Gasteiger charge is 2.45. The molecule has 1 aliphatic heterocycles. The van der Waals surface area contributed by atoms with Crippen LogP contribution in [-0.2, 0) is 4.79 Å². The first kappa shape index (κ1) is 11.4. The van der Waals surface area contributed by atoms with Crippen molar-refractivity contribution in [3.8, 4) is 0 Å². The predicted octanol–water partition coefficient (Wildman–Crippen LogP) is 0.654. The molecule has 1 aromatic heterocycles. The van der Waals surface area contributed by atoms with Gasteiger partial charge in [-0.1, -0.05) is 11.6 Å². The number of carbonyl (C=O) groups is 2. The van der Waals surface area contributed by atoms with E-state index in [0.29, 0.717) is 0 Å². The summed E-state index contributed by atoms with van der Waals surface area (Å²) in [7, 11) is 0. The van der Waals surface area contributed by atoms with E-state index >= 15 is 0 Å². The van der Waals surface area contributed by atoms with Gasteiger partial charge in [-0.3, -0.25) is 19.7 Å². The van der Waals surface area contributed by atoms with E-state index in [-0.39, 0.29) is 5.56 Å². The number of nitrogens with one attached hydrogen (secondary N) is 1.